The topological polar surface area (TPSA) is 83.8 Å². The van der Waals surface area contributed by atoms with Crippen LogP contribution in [0, 0.1) is 11.8 Å². The van der Waals surface area contributed by atoms with Gasteiger partial charge in [-0.3, -0.25) is 9.59 Å². The zero-order valence-electron chi connectivity index (χ0n) is 17.7. The van der Waals surface area contributed by atoms with Gasteiger partial charge < -0.3 is 14.9 Å². The molecule has 28 heavy (non-hydrogen) atoms. The van der Waals surface area contributed by atoms with Gasteiger partial charge in [0, 0.05) is 24.7 Å². The van der Waals surface area contributed by atoms with Crippen molar-refractivity contribution in [1.82, 2.24) is 0 Å². The molecule has 0 amide bonds. The predicted molar refractivity (Wildman–Crippen MR) is 111 cm³/mol. The van der Waals surface area contributed by atoms with E-state index in [0.717, 1.165) is 32.1 Å². The van der Waals surface area contributed by atoms with Crippen molar-refractivity contribution in [3.05, 3.63) is 24.3 Å². The molecule has 1 saturated carbocycles. The van der Waals surface area contributed by atoms with Crippen LogP contribution in [0.25, 0.3) is 0 Å². The molecule has 0 aromatic rings. The monoisotopic (exact) mass is 394 g/mol. The highest BCUT2D eigenvalue weighted by molar-refractivity contribution is 5.84. The van der Waals surface area contributed by atoms with Crippen molar-refractivity contribution in [2.75, 3.05) is 0 Å². The van der Waals surface area contributed by atoms with E-state index in [1.54, 1.807) is 6.08 Å². The van der Waals surface area contributed by atoms with Crippen molar-refractivity contribution < 1.29 is 24.5 Å². The fourth-order valence-corrected chi connectivity index (χ4v) is 3.53. The lowest BCUT2D eigenvalue weighted by molar-refractivity contribution is -0.147. The number of carbonyl (C=O) groups excluding carboxylic acids is 2. The van der Waals surface area contributed by atoms with E-state index < -0.39 is 12.2 Å². The van der Waals surface area contributed by atoms with Crippen molar-refractivity contribution in [1.29, 1.82) is 0 Å². The average Bonchev–Trinajstić information content (AvgIpc) is 2.88. The molecule has 0 radical (unpaired) electrons. The minimum Gasteiger partial charge on any atom is -0.463 e. The van der Waals surface area contributed by atoms with Gasteiger partial charge in [0.05, 0.1) is 18.3 Å². The Labute approximate surface area is 169 Å². The molecule has 2 N–H and O–H groups in total. The summed E-state index contributed by atoms with van der Waals surface area (Å²) in [5.41, 5.74) is 0. The third-order valence-electron chi connectivity index (χ3n) is 5.07. The third kappa shape index (κ3) is 9.65. The zero-order valence-corrected chi connectivity index (χ0v) is 17.7. The maximum atomic E-state index is 12.2. The van der Waals surface area contributed by atoms with Crippen molar-refractivity contribution in [2.45, 2.75) is 96.9 Å². The van der Waals surface area contributed by atoms with E-state index in [2.05, 4.69) is 6.92 Å². The molecule has 5 nitrogen and oxygen atoms in total. The molecule has 4 unspecified atom stereocenters. The third-order valence-corrected chi connectivity index (χ3v) is 5.07. The van der Waals surface area contributed by atoms with Gasteiger partial charge in [-0.15, -0.1) is 0 Å². The number of aliphatic hydroxyl groups is 2. The molecular formula is C23H38O5. The number of allylic oxidation sites excluding steroid dienone is 2. The second-order valence-corrected chi connectivity index (χ2v) is 8.01. The van der Waals surface area contributed by atoms with Gasteiger partial charge >= 0.3 is 5.97 Å². The van der Waals surface area contributed by atoms with Crippen molar-refractivity contribution in [3.63, 3.8) is 0 Å². The lowest BCUT2D eigenvalue weighted by atomic mass is 9.90. The predicted octanol–water partition coefficient (Wildman–Crippen LogP) is 4.12. The summed E-state index contributed by atoms with van der Waals surface area (Å²) in [7, 11) is 0. The number of unbranched alkanes of at least 4 members (excludes halogenated alkanes) is 3. The van der Waals surface area contributed by atoms with Crippen LogP contribution in [0.3, 0.4) is 0 Å². The summed E-state index contributed by atoms with van der Waals surface area (Å²) in [5.74, 6) is -0.580. The largest absolute Gasteiger partial charge is 0.463 e. The van der Waals surface area contributed by atoms with Crippen LogP contribution >= 0.6 is 0 Å². The second-order valence-electron chi connectivity index (χ2n) is 8.01. The fourth-order valence-electron chi connectivity index (χ4n) is 3.53. The van der Waals surface area contributed by atoms with Crippen LogP contribution in [-0.2, 0) is 14.3 Å². The van der Waals surface area contributed by atoms with Gasteiger partial charge in [0.1, 0.15) is 5.78 Å². The van der Waals surface area contributed by atoms with Gasteiger partial charge in [-0.25, -0.2) is 0 Å². The molecule has 0 aliphatic heterocycles. The Balaban J connectivity index is 2.42. The first-order chi connectivity index (χ1) is 13.3. The zero-order chi connectivity index (χ0) is 20.9. The Morgan fingerprint density at radius 1 is 1.25 bits per heavy atom. The summed E-state index contributed by atoms with van der Waals surface area (Å²) in [6.07, 6.45) is 12.8. The highest BCUT2D eigenvalue weighted by Gasteiger charge is 2.39. The van der Waals surface area contributed by atoms with Gasteiger partial charge in [-0.2, -0.15) is 0 Å². The highest BCUT2D eigenvalue weighted by Crippen LogP contribution is 2.33. The van der Waals surface area contributed by atoms with Crippen molar-refractivity contribution >= 4 is 11.8 Å². The Hall–Kier alpha value is -1.46. The van der Waals surface area contributed by atoms with E-state index in [1.807, 2.05) is 32.1 Å². The molecule has 1 aliphatic carbocycles. The quantitative estimate of drug-likeness (QED) is 0.279. The summed E-state index contributed by atoms with van der Waals surface area (Å²) in [5, 5.41) is 20.2. The molecule has 160 valence electrons. The Morgan fingerprint density at radius 2 is 2.00 bits per heavy atom. The first-order valence-corrected chi connectivity index (χ1v) is 10.8. The van der Waals surface area contributed by atoms with Crippen molar-refractivity contribution in [3.8, 4) is 0 Å². The van der Waals surface area contributed by atoms with Gasteiger partial charge in [0.15, 0.2) is 0 Å². The highest BCUT2D eigenvalue weighted by atomic mass is 16.5. The molecule has 4 atom stereocenters. The molecule has 0 saturated heterocycles. The number of ether oxygens (including phenoxy) is 1. The normalized spacial score (nSPS) is 23.9. The molecular weight excluding hydrogens is 356 g/mol. The Morgan fingerprint density at radius 3 is 2.68 bits per heavy atom. The molecule has 0 spiro atoms. The van der Waals surface area contributed by atoms with Crippen LogP contribution in [0.15, 0.2) is 24.3 Å². The molecule has 0 aromatic heterocycles. The van der Waals surface area contributed by atoms with Crippen LogP contribution in [0.1, 0.15) is 78.6 Å². The molecule has 0 aromatic carbocycles. The van der Waals surface area contributed by atoms with E-state index in [1.165, 1.54) is 0 Å². The minimum absolute atomic E-state index is 0.0767. The lowest BCUT2D eigenvalue weighted by Crippen LogP contribution is -2.18. The van der Waals surface area contributed by atoms with E-state index in [-0.39, 0.29) is 36.1 Å². The minimum atomic E-state index is -0.671. The second kappa shape index (κ2) is 13.7. The molecule has 1 rings (SSSR count). The molecule has 1 aliphatic rings. The van der Waals surface area contributed by atoms with Gasteiger partial charge in [-0.05, 0) is 39.5 Å². The number of rotatable bonds is 13. The summed E-state index contributed by atoms with van der Waals surface area (Å²) in [6, 6.07) is 0. The molecule has 1 fully saturated rings. The molecule has 0 bridgehead atoms. The van der Waals surface area contributed by atoms with Crippen LogP contribution in [-0.4, -0.2) is 40.3 Å². The molecule has 5 heteroatoms. The van der Waals surface area contributed by atoms with Crippen LogP contribution in [0.2, 0.25) is 0 Å². The standard InChI is InChI=1S/C23H38O5/c1-4-5-8-11-18(24)14-15-20-19(21(25)16-22(20)26)12-9-6-7-10-13-23(27)28-17(2)3/h6,9,14-15,17-20,22,24,26H,4-5,7-8,10-13,16H2,1-3H3. The first kappa shape index (κ1) is 24.6. The van der Waals surface area contributed by atoms with E-state index in [9.17, 15) is 19.8 Å². The number of carbonyl (C=O) groups is 2. The summed E-state index contributed by atoms with van der Waals surface area (Å²) in [4.78, 5) is 23.7. The van der Waals surface area contributed by atoms with Crippen LogP contribution in [0.4, 0.5) is 0 Å². The number of Topliss-reactive ketones (excluding diaryl/α,β-unsaturated/α-hetero) is 1. The summed E-state index contributed by atoms with van der Waals surface area (Å²) < 4.78 is 5.09. The van der Waals surface area contributed by atoms with E-state index >= 15 is 0 Å². The molecule has 0 heterocycles. The summed E-state index contributed by atoms with van der Waals surface area (Å²) >= 11 is 0. The average molecular weight is 395 g/mol. The lowest BCUT2D eigenvalue weighted by Gasteiger charge is -2.16. The summed E-state index contributed by atoms with van der Waals surface area (Å²) in [6.45, 7) is 5.79. The number of hydrogen-bond donors (Lipinski definition) is 2. The van der Waals surface area contributed by atoms with Crippen molar-refractivity contribution in [2.24, 2.45) is 11.8 Å². The number of hydrogen-bond acceptors (Lipinski definition) is 5. The van der Waals surface area contributed by atoms with Crippen LogP contribution in [0.5, 0.6) is 0 Å². The number of aliphatic hydroxyl groups excluding tert-OH is 2. The first-order valence-electron chi connectivity index (χ1n) is 10.8. The number of esters is 1. The maximum absolute atomic E-state index is 12.2. The smallest absolute Gasteiger partial charge is 0.306 e. The van der Waals surface area contributed by atoms with Gasteiger partial charge in [0.25, 0.3) is 0 Å². The fraction of sp³-hybridized carbons (Fsp3) is 0.739. The SMILES string of the molecule is CCCCCC(O)C=CC1C(O)CC(=O)C1CC=CCCCC(=O)OC(C)C. The van der Waals surface area contributed by atoms with E-state index in [0.29, 0.717) is 19.3 Å². The van der Waals surface area contributed by atoms with Gasteiger partial charge in [0.2, 0.25) is 0 Å². The van der Waals surface area contributed by atoms with E-state index in [4.69, 9.17) is 4.74 Å². The Kier molecular flexibility index (Phi) is 12.0. The van der Waals surface area contributed by atoms with Gasteiger partial charge in [-0.1, -0.05) is 50.5 Å². The maximum Gasteiger partial charge on any atom is 0.306 e. The Bertz CT molecular complexity index is 523. The number of ketones is 1. The van der Waals surface area contributed by atoms with Crippen LogP contribution < -0.4 is 0 Å².